The number of fused-ring (bicyclic) bond motifs is 1. The van der Waals surface area contributed by atoms with Crippen molar-refractivity contribution in [3.63, 3.8) is 0 Å². The van der Waals surface area contributed by atoms with E-state index in [1.165, 1.54) is 6.07 Å². The fourth-order valence-corrected chi connectivity index (χ4v) is 2.79. The summed E-state index contributed by atoms with van der Waals surface area (Å²) >= 11 is 0. The van der Waals surface area contributed by atoms with Gasteiger partial charge >= 0.3 is 0 Å². The minimum atomic E-state index is -0.741. The van der Waals surface area contributed by atoms with Crippen molar-refractivity contribution in [2.45, 2.75) is 18.3 Å². The highest BCUT2D eigenvalue weighted by molar-refractivity contribution is 5.46. The molecule has 0 saturated carbocycles. The number of hydrogen-bond acceptors (Lipinski definition) is 1. The van der Waals surface area contributed by atoms with E-state index in [0.29, 0.717) is 18.4 Å². The molecular weight excluding hydrogens is 225 g/mol. The van der Waals surface area contributed by atoms with E-state index in [1.54, 1.807) is 18.2 Å². The average Bonchev–Trinajstić information content (AvgIpc) is 2.79. The molecule has 0 aliphatic heterocycles. The molecule has 0 atom stereocenters. The predicted octanol–water partition coefficient (Wildman–Crippen LogP) is 3.39. The van der Waals surface area contributed by atoms with Crippen LogP contribution in [0.4, 0.5) is 4.39 Å². The molecule has 2 heteroatoms. The van der Waals surface area contributed by atoms with E-state index in [4.69, 9.17) is 0 Å². The van der Waals surface area contributed by atoms with Gasteiger partial charge in [-0.25, -0.2) is 4.39 Å². The van der Waals surface area contributed by atoms with Crippen LogP contribution in [0.5, 0.6) is 0 Å². The van der Waals surface area contributed by atoms with Gasteiger partial charge in [0.05, 0.1) is 11.5 Å². The zero-order valence-electron chi connectivity index (χ0n) is 9.86. The van der Waals surface area contributed by atoms with Gasteiger partial charge < -0.3 is 0 Å². The van der Waals surface area contributed by atoms with Gasteiger partial charge in [0.2, 0.25) is 0 Å². The topological polar surface area (TPSA) is 23.8 Å². The van der Waals surface area contributed by atoms with Gasteiger partial charge in [-0.3, -0.25) is 0 Å². The Morgan fingerprint density at radius 3 is 2.06 bits per heavy atom. The molecule has 88 valence electrons. The summed E-state index contributed by atoms with van der Waals surface area (Å²) in [7, 11) is 0. The van der Waals surface area contributed by atoms with Crippen LogP contribution < -0.4 is 0 Å². The summed E-state index contributed by atoms with van der Waals surface area (Å²) in [6, 6.07) is 16.9. The van der Waals surface area contributed by atoms with Crippen LogP contribution in [-0.2, 0) is 18.3 Å². The second kappa shape index (κ2) is 3.96. The average molecular weight is 237 g/mol. The maximum atomic E-state index is 13.9. The Morgan fingerprint density at radius 1 is 0.944 bits per heavy atom. The molecule has 0 fully saturated rings. The van der Waals surface area contributed by atoms with E-state index in [2.05, 4.69) is 6.07 Å². The maximum absolute atomic E-state index is 13.9. The number of nitrogens with zero attached hydrogens (tertiary/aromatic N) is 1. The fraction of sp³-hybridized carbons (Fsp3) is 0.188. The Labute approximate surface area is 106 Å². The van der Waals surface area contributed by atoms with E-state index >= 15 is 0 Å². The van der Waals surface area contributed by atoms with Gasteiger partial charge in [-0.2, -0.15) is 5.26 Å². The van der Waals surface area contributed by atoms with Crippen LogP contribution in [0.3, 0.4) is 0 Å². The van der Waals surface area contributed by atoms with E-state index < -0.39 is 5.41 Å². The molecule has 2 aromatic carbocycles. The van der Waals surface area contributed by atoms with Crippen LogP contribution in [0.1, 0.15) is 16.7 Å². The molecule has 3 rings (SSSR count). The Hall–Kier alpha value is -2.14. The number of rotatable bonds is 1. The van der Waals surface area contributed by atoms with Crippen molar-refractivity contribution in [3.05, 3.63) is 71.0 Å². The van der Waals surface area contributed by atoms with E-state index in [-0.39, 0.29) is 5.82 Å². The number of hydrogen-bond donors (Lipinski definition) is 0. The Bertz CT molecular complexity index is 615. The first-order valence-electron chi connectivity index (χ1n) is 5.98. The van der Waals surface area contributed by atoms with Crippen LogP contribution in [0.25, 0.3) is 0 Å². The lowest BCUT2D eigenvalue weighted by molar-refractivity contribution is 0.523. The molecule has 0 unspecified atom stereocenters. The van der Waals surface area contributed by atoms with Crippen LogP contribution in [-0.4, -0.2) is 0 Å². The lowest BCUT2D eigenvalue weighted by Crippen LogP contribution is -2.26. The molecule has 1 nitrogen and oxygen atoms in total. The molecule has 0 bridgehead atoms. The third kappa shape index (κ3) is 1.52. The van der Waals surface area contributed by atoms with Crippen LogP contribution in [0.2, 0.25) is 0 Å². The number of benzene rings is 2. The van der Waals surface area contributed by atoms with Crippen molar-refractivity contribution in [1.29, 1.82) is 5.26 Å². The molecule has 0 saturated heterocycles. The molecule has 2 aromatic rings. The third-order valence-electron chi connectivity index (χ3n) is 3.71. The standard InChI is InChI=1S/C16H12FN/c17-15-8-4-3-7-14(15)16(11-18)9-12-5-1-2-6-13(12)10-16/h1-8H,9-10H2. The van der Waals surface area contributed by atoms with Crippen molar-refractivity contribution in [2.75, 3.05) is 0 Å². The van der Waals surface area contributed by atoms with E-state index in [0.717, 1.165) is 11.1 Å². The lowest BCUT2D eigenvalue weighted by Gasteiger charge is -2.21. The van der Waals surface area contributed by atoms with Crippen LogP contribution in [0.15, 0.2) is 48.5 Å². The summed E-state index contributed by atoms with van der Waals surface area (Å²) in [6.45, 7) is 0. The number of nitriles is 1. The SMILES string of the molecule is N#CC1(c2ccccc2F)Cc2ccccc2C1. The largest absolute Gasteiger partial charge is 0.207 e. The summed E-state index contributed by atoms with van der Waals surface area (Å²) in [4.78, 5) is 0. The monoisotopic (exact) mass is 237 g/mol. The highest BCUT2D eigenvalue weighted by Gasteiger charge is 2.40. The lowest BCUT2D eigenvalue weighted by atomic mass is 9.79. The van der Waals surface area contributed by atoms with Gasteiger partial charge in [0, 0.05) is 5.56 Å². The summed E-state index contributed by atoms with van der Waals surface area (Å²) in [5.74, 6) is -0.285. The van der Waals surface area contributed by atoms with Crippen molar-refractivity contribution in [2.24, 2.45) is 0 Å². The molecule has 0 heterocycles. The Morgan fingerprint density at radius 2 is 1.50 bits per heavy atom. The molecular formula is C16H12FN. The van der Waals surface area contributed by atoms with Gasteiger partial charge in [-0.05, 0) is 30.0 Å². The minimum absolute atomic E-state index is 0.285. The second-order valence-electron chi connectivity index (χ2n) is 4.80. The maximum Gasteiger partial charge on any atom is 0.128 e. The van der Waals surface area contributed by atoms with Crippen molar-refractivity contribution in [1.82, 2.24) is 0 Å². The quantitative estimate of drug-likeness (QED) is 0.745. The fourth-order valence-electron chi connectivity index (χ4n) is 2.79. The molecule has 0 spiro atoms. The molecule has 0 N–H and O–H groups in total. The van der Waals surface area contributed by atoms with Crippen molar-refractivity contribution in [3.8, 4) is 6.07 Å². The van der Waals surface area contributed by atoms with Gasteiger partial charge in [-0.15, -0.1) is 0 Å². The zero-order chi connectivity index (χ0) is 12.6. The second-order valence-corrected chi connectivity index (χ2v) is 4.80. The summed E-state index contributed by atoms with van der Waals surface area (Å²) < 4.78 is 13.9. The smallest absolute Gasteiger partial charge is 0.128 e. The molecule has 1 aliphatic carbocycles. The highest BCUT2D eigenvalue weighted by atomic mass is 19.1. The molecule has 0 amide bonds. The van der Waals surface area contributed by atoms with Crippen molar-refractivity contribution >= 4 is 0 Å². The molecule has 0 aromatic heterocycles. The summed E-state index contributed by atoms with van der Waals surface area (Å²) in [6.07, 6.45) is 1.20. The minimum Gasteiger partial charge on any atom is -0.207 e. The first kappa shape index (κ1) is 11.0. The summed E-state index contributed by atoms with van der Waals surface area (Å²) in [5.41, 5.74) is 2.09. The van der Waals surface area contributed by atoms with Gasteiger partial charge in [0.1, 0.15) is 5.82 Å². The zero-order valence-corrected chi connectivity index (χ0v) is 9.86. The number of halogens is 1. The molecule has 1 aliphatic rings. The first-order valence-corrected chi connectivity index (χ1v) is 5.98. The van der Waals surface area contributed by atoms with Crippen LogP contribution >= 0.6 is 0 Å². The van der Waals surface area contributed by atoms with Gasteiger partial charge in [-0.1, -0.05) is 42.5 Å². The van der Waals surface area contributed by atoms with E-state index in [9.17, 15) is 9.65 Å². The highest BCUT2D eigenvalue weighted by Crippen LogP contribution is 2.40. The predicted molar refractivity (Wildman–Crippen MR) is 67.5 cm³/mol. The Balaban J connectivity index is 2.12. The summed E-state index contributed by atoms with van der Waals surface area (Å²) in [5, 5.41) is 9.55. The van der Waals surface area contributed by atoms with Crippen LogP contribution in [0, 0.1) is 17.1 Å². The van der Waals surface area contributed by atoms with E-state index in [1.807, 2.05) is 24.3 Å². The normalized spacial score (nSPS) is 16.0. The van der Waals surface area contributed by atoms with Gasteiger partial charge in [0.25, 0.3) is 0 Å². The third-order valence-corrected chi connectivity index (χ3v) is 3.71. The van der Waals surface area contributed by atoms with Gasteiger partial charge in [0.15, 0.2) is 0 Å². The molecule has 0 radical (unpaired) electrons. The molecule has 18 heavy (non-hydrogen) atoms. The Kier molecular flexibility index (Phi) is 2.41. The van der Waals surface area contributed by atoms with Crippen molar-refractivity contribution < 1.29 is 4.39 Å². The first-order chi connectivity index (χ1) is 8.75.